The first kappa shape index (κ1) is 20.2. The summed E-state index contributed by atoms with van der Waals surface area (Å²) >= 11 is 0. The van der Waals surface area contributed by atoms with Gasteiger partial charge in [-0.15, -0.1) is 12.4 Å². The minimum atomic E-state index is -0.420. The minimum absolute atomic E-state index is 0. The van der Waals surface area contributed by atoms with Crippen LogP contribution >= 0.6 is 12.4 Å². The Bertz CT molecular complexity index is 432. The van der Waals surface area contributed by atoms with E-state index in [1.165, 1.54) is 0 Å². The van der Waals surface area contributed by atoms with Gasteiger partial charge in [0, 0.05) is 26.2 Å². The lowest BCUT2D eigenvalue weighted by Crippen LogP contribution is -2.55. The molecule has 2 amide bonds. The molecule has 134 valence electrons. The summed E-state index contributed by atoms with van der Waals surface area (Å²) in [6, 6.07) is 0. The fraction of sp³-hybridized carbons (Fsp3) is 0.882. The average molecular weight is 346 g/mol. The topological polar surface area (TPSA) is 75.4 Å². The molecular formula is C17H32ClN3O2. The van der Waals surface area contributed by atoms with Crippen LogP contribution < -0.4 is 11.1 Å². The van der Waals surface area contributed by atoms with Gasteiger partial charge in [-0.3, -0.25) is 9.59 Å². The van der Waals surface area contributed by atoms with E-state index in [2.05, 4.69) is 5.32 Å². The summed E-state index contributed by atoms with van der Waals surface area (Å²) < 4.78 is 0. The lowest BCUT2D eigenvalue weighted by Gasteiger charge is -2.38. The summed E-state index contributed by atoms with van der Waals surface area (Å²) in [4.78, 5) is 26.8. The highest BCUT2D eigenvalue weighted by Gasteiger charge is 2.44. The molecule has 2 fully saturated rings. The van der Waals surface area contributed by atoms with Crippen LogP contribution in [0.25, 0.3) is 0 Å². The van der Waals surface area contributed by atoms with Gasteiger partial charge in [-0.2, -0.15) is 0 Å². The summed E-state index contributed by atoms with van der Waals surface area (Å²) in [6.07, 6.45) is 7.78. The molecule has 2 aliphatic rings. The van der Waals surface area contributed by atoms with Gasteiger partial charge in [0.25, 0.3) is 0 Å². The van der Waals surface area contributed by atoms with Crippen molar-refractivity contribution >= 4 is 24.2 Å². The zero-order valence-electron chi connectivity index (χ0n) is 14.7. The lowest BCUT2D eigenvalue weighted by atomic mass is 9.74. The monoisotopic (exact) mass is 345 g/mol. The molecule has 6 heteroatoms. The molecule has 0 radical (unpaired) electrons. The van der Waals surface area contributed by atoms with Crippen LogP contribution in [0.2, 0.25) is 0 Å². The average Bonchev–Trinajstić information content (AvgIpc) is 2.93. The Hall–Kier alpha value is -0.810. The second kappa shape index (κ2) is 7.84. The molecule has 0 heterocycles. The second-order valence-electron chi connectivity index (χ2n) is 7.71. The van der Waals surface area contributed by atoms with Crippen LogP contribution in [0.1, 0.15) is 58.3 Å². The van der Waals surface area contributed by atoms with Gasteiger partial charge in [-0.25, -0.2) is 0 Å². The molecule has 3 N–H and O–H groups in total. The van der Waals surface area contributed by atoms with Gasteiger partial charge < -0.3 is 16.0 Å². The van der Waals surface area contributed by atoms with E-state index in [9.17, 15) is 9.59 Å². The molecule has 23 heavy (non-hydrogen) atoms. The van der Waals surface area contributed by atoms with Crippen molar-refractivity contribution in [1.29, 1.82) is 0 Å². The number of amides is 2. The number of hydrogen-bond donors (Lipinski definition) is 2. The lowest BCUT2D eigenvalue weighted by molar-refractivity contribution is -0.139. The van der Waals surface area contributed by atoms with Gasteiger partial charge in [-0.05, 0) is 32.6 Å². The predicted molar refractivity (Wildman–Crippen MR) is 94.4 cm³/mol. The predicted octanol–water partition coefficient (Wildman–Crippen LogP) is 2.08. The summed E-state index contributed by atoms with van der Waals surface area (Å²) in [7, 11) is 3.59. The van der Waals surface area contributed by atoms with E-state index < -0.39 is 11.0 Å². The fourth-order valence-corrected chi connectivity index (χ4v) is 4.16. The molecule has 0 spiro atoms. The normalized spacial score (nSPS) is 29.5. The number of nitrogens with zero attached hydrogens (tertiary/aromatic N) is 1. The van der Waals surface area contributed by atoms with Crippen LogP contribution in [-0.2, 0) is 9.59 Å². The van der Waals surface area contributed by atoms with E-state index in [0.29, 0.717) is 6.54 Å². The third kappa shape index (κ3) is 4.38. The Balaban J connectivity index is 0.00000264. The number of halogens is 1. The minimum Gasteiger partial charge on any atom is -0.355 e. The number of nitrogens with one attached hydrogen (secondary N) is 1. The number of carbonyl (C=O) groups excluding carboxylic acids is 2. The van der Waals surface area contributed by atoms with Gasteiger partial charge in [0.15, 0.2) is 0 Å². The molecule has 0 aromatic heterocycles. The van der Waals surface area contributed by atoms with Crippen LogP contribution in [0.3, 0.4) is 0 Å². The quantitative estimate of drug-likeness (QED) is 0.819. The van der Waals surface area contributed by atoms with Crippen molar-refractivity contribution in [2.75, 3.05) is 20.6 Å². The largest absolute Gasteiger partial charge is 0.355 e. The van der Waals surface area contributed by atoms with Crippen molar-refractivity contribution in [2.24, 2.45) is 17.1 Å². The number of rotatable bonds is 4. The summed E-state index contributed by atoms with van der Waals surface area (Å²) in [5.41, 5.74) is 5.49. The molecule has 0 aliphatic heterocycles. The van der Waals surface area contributed by atoms with Gasteiger partial charge in [-0.1, -0.05) is 25.7 Å². The van der Waals surface area contributed by atoms with Crippen molar-refractivity contribution in [3.05, 3.63) is 0 Å². The molecule has 2 atom stereocenters. The molecule has 2 rings (SSSR count). The molecule has 2 unspecified atom stereocenters. The van der Waals surface area contributed by atoms with Crippen LogP contribution in [0, 0.1) is 11.3 Å². The summed E-state index contributed by atoms with van der Waals surface area (Å²) in [6.45, 7) is 2.43. The van der Waals surface area contributed by atoms with Crippen molar-refractivity contribution in [1.82, 2.24) is 10.2 Å². The summed E-state index contributed by atoms with van der Waals surface area (Å²) in [5, 5.41) is 3.06. The van der Waals surface area contributed by atoms with Crippen molar-refractivity contribution in [2.45, 2.75) is 63.8 Å². The van der Waals surface area contributed by atoms with E-state index >= 15 is 0 Å². The summed E-state index contributed by atoms with van der Waals surface area (Å²) in [5.74, 6) is 0.0427. The maximum atomic E-state index is 12.6. The Morgan fingerprint density at radius 2 is 1.70 bits per heavy atom. The van der Waals surface area contributed by atoms with Crippen molar-refractivity contribution in [3.63, 3.8) is 0 Å². The first-order valence-corrected chi connectivity index (χ1v) is 8.57. The number of hydrogen-bond acceptors (Lipinski definition) is 3. The van der Waals surface area contributed by atoms with Crippen LogP contribution in [0.4, 0.5) is 0 Å². The SMILES string of the molecule is CN(C)C(=O)C1(CNC(=O)C2CCCCC2(C)N)CCCC1.Cl. The second-order valence-corrected chi connectivity index (χ2v) is 7.71. The van der Waals surface area contributed by atoms with Crippen LogP contribution in [0.5, 0.6) is 0 Å². The fourth-order valence-electron chi connectivity index (χ4n) is 4.16. The third-order valence-electron chi connectivity index (χ3n) is 5.59. The maximum Gasteiger partial charge on any atom is 0.230 e. The molecule has 0 aromatic rings. The van der Waals surface area contributed by atoms with E-state index in [-0.39, 0.29) is 30.1 Å². The van der Waals surface area contributed by atoms with E-state index in [1.54, 1.807) is 19.0 Å². The maximum absolute atomic E-state index is 12.6. The molecule has 0 saturated heterocycles. The first-order chi connectivity index (χ1) is 10.3. The zero-order valence-corrected chi connectivity index (χ0v) is 15.5. The molecule has 2 aliphatic carbocycles. The Morgan fingerprint density at radius 1 is 1.13 bits per heavy atom. The third-order valence-corrected chi connectivity index (χ3v) is 5.59. The van der Waals surface area contributed by atoms with Crippen LogP contribution in [0.15, 0.2) is 0 Å². The highest BCUT2D eigenvalue weighted by Crippen LogP contribution is 2.39. The number of nitrogens with two attached hydrogens (primary N) is 1. The highest BCUT2D eigenvalue weighted by atomic mass is 35.5. The van der Waals surface area contributed by atoms with Gasteiger partial charge in [0.1, 0.15) is 0 Å². The Morgan fingerprint density at radius 3 is 2.22 bits per heavy atom. The van der Waals surface area contributed by atoms with Gasteiger partial charge in [0.05, 0.1) is 11.3 Å². The van der Waals surface area contributed by atoms with E-state index in [1.807, 2.05) is 6.92 Å². The molecule has 2 saturated carbocycles. The first-order valence-electron chi connectivity index (χ1n) is 8.57. The van der Waals surface area contributed by atoms with Crippen molar-refractivity contribution < 1.29 is 9.59 Å². The van der Waals surface area contributed by atoms with E-state index in [4.69, 9.17) is 5.73 Å². The van der Waals surface area contributed by atoms with Crippen LogP contribution in [-0.4, -0.2) is 42.9 Å². The van der Waals surface area contributed by atoms with Gasteiger partial charge >= 0.3 is 0 Å². The van der Waals surface area contributed by atoms with Crippen molar-refractivity contribution in [3.8, 4) is 0 Å². The standard InChI is InChI=1S/C17H31N3O2.ClH/c1-16(18)9-5-4-8-13(16)14(21)19-12-17(10-6-7-11-17)15(22)20(2)3;/h13H,4-12,18H2,1-3H3,(H,19,21);1H. The zero-order chi connectivity index (χ0) is 16.4. The number of carbonyl (C=O) groups is 2. The van der Waals surface area contributed by atoms with Gasteiger partial charge in [0.2, 0.25) is 11.8 Å². The molecule has 0 aromatic carbocycles. The Labute approximate surface area is 146 Å². The highest BCUT2D eigenvalue weighted by molar-refractivity contribution is 5.85. The van der Waals surface area contributed by atoms with E-state index in [0.717, 1.165) is 51.4 Å². The molecular weight excluding hydrogens is 314 g/mol. The molecule has 0 bridgehead atoms. The smallest absolute Gasteiger partial charge is 0.230 e. The Kier molecular flexibility index (Phi) is 6.90. The molecule has 5 nitrogen and oxygen atoms in total.